The number of aryl methyl sites for hydroxylation is 2. The molecule has 0 aromatic heterocycles. The maximum atomic E-state index is 13.5. The van der Waals surface area contributed by atoms with Gasteiger partial charge < -0.3 is 5.32 Å². The highest BCUT2D eigenvalue weighted by molar-refractivity contribution is 7.92. The normalized spacial score (nSPS) is 30.2. The molecular formula is C27H32N2O3S. The van der Waals surface area contributed by atoms with Crippen LogP contribution >= 0.6 is 0 Å². The van der Waals surface area contributed by atoms with Crippen LogP contribution in [0.15, 0.2) is 47.4 Å². The number of rotatable bonds is 4. The molecule has 2 aromatic carbocycles. The number of carbonyl (C=O) groups excluding carboxylic acids is 1. The second kappa shape index (κ2) is 7.59. The fourth-order valence-electron chi connectivity index (χ4n) is 7.36. The lowest BCUT2D eigenvalue weighted by Crippen LogP contribution is -2.51. The zero-order chi connectivity index (χ0) is 22.8. The average Bonchev–Trinajstić information content (AvgIpc) is 2.78. The number of fused-ring (bicyclic) bond motifs is 1. The summed E-state index contributed by atoms with van der Waals surface area (Å²) in [6.07, 6.45) is 8.60. The smallest absolute Gasteiger partial charge is 0.264 e. The molecule has 0 radical (unpaired) electrons. The molecule has 1 aliphatic heterocycles. The number of nitrogens with one attached hydrogen (secondary N) is 1. The van der Waals surface area contributed by atoms with Crippen molar-refractivity contribution in [3.8, 4) is 0 Å². The summed E-state index contributed by atoms with van der Waals surface area (Å²) in [7, 11) is -3.65. The van der Waals surface area contributed by atoms with Crippen molar-refractivity contribution in [1.29, 1.82) is 0 Å². The van der Waals surface area contributed by atoms with Crippen molar-refractivity contribution in [1.82, 2.24) is 0 Å². The molecular weight excluding hydrogens is 432 g/mol. The van der Waals surface area contributed by atoms with Crippen LogP contribution < -0.4 is 9.62 Å². The largest absolute Gasteiger partial charge is 0.326 e. The fourth-order valence-corrected chi connectivity index (χ4v) is 8.89. The number of anilines is 2. The van der Waals surface area contributed by atoms with Crippen molar-refractivity contribution in [3.05, 3.63) is 53.6 Å². The first-order chi connectivity index (χ1) is 15.8. The van der Waals surface area contributed by atoms with Crippen LogP contribution in [-0.4, -0.2) is 20.9 Å². The summed E-state index contributed by atoms with van der Waals surface area (Å²) in [4.78, 5) is 13.8. The highest BCUT2D eigenvalue weighted by Crippen LogP contribution is 2.60. The van der Waals surface area contributed by atoms with E-state index in [0.717, 1.165) is 43.2 Å². The Morgan fingerprint density at radius 2 is 1.61 bits per heavy atom. The van der Waals surface area contributed by atoms with Gasteiger partial charge in [-0.2, -0.15) is 0 Å². The Kier molecular flexibility index (Phi) is 4.88. The van der Waals surface area contributed by atoms with Gasteiger partial charge in [-0.3, -0.25) is 9.10 Å². The van der Waals surface area contributed by atoms with E-state index >= 15 is 0 Å². The molecule has 4 saturated carbocycles. The molecule has 4 aliphatic carbocycles. The summed E-state index contributed by atoms with van der Waals surface area (Å²) < 4.78 is 28.5. The van der Waals surface area contributed by atoms with Gasteiger partial charge in [0.05, 0.1) is 16.0 Å². The fraction of sp³-hybridized carbons (Fsp3) is 0.519. The minimum absolute atomic E-state index is 0.144. The topological polar surface area (TPSA) is 66.5 Å². The van der Waals surface area contributed by atoms with Crippen LogP contribution in [0.2, 0.25) is 0 Å². The van der Waals surface area contributed by atoms with Crippen molar-refractivity contribution in [2.75, 3.05) is 16.2 Å². The molecule has 5 nitrogen and oxygen atoms in total. The molecule has 1 amide bonds. The number of carbonyl (C=O) groups is 1. The lowest BCUT2D eigenvalue weighted by atomic mass is 9.49. The highest BCUT2D eigenvalue weighted by Gasteiger charge is 2.54. The summed E-state index contributed by atoms with van der Waals surface area (Å²) in [6.45, 7) is 2.40. The third-order valence-corrected chi connectivity index (χ3v) is 10.4. The molecule has 0 spiro atoms. The van der Waals surface area contributed by atoms with Crippen molar-refractivity contribution in [3.63, 3.8) is 0 Å². The van der Waals surface area contributed by atoms with Gasteiger partial charge in [0.25, 0.3) is 10.0 Å². The van der Waals surface area contributed by atoms with Gasteiger partial charge in [-0.1, -0.05) is 23.8 Å². The van der Waals surface area contributed by atoms with Gasteiger partial charge in [-0.15, -0.1) is 0 Å². The van der Waals surface area contributed by atoms with E-state index in [1.54, 1.807) is 12.1 Å². The van der Waals surface area contributed by atoms with Crippen molar-refractivity contribution in [2.24, 2.45) is 23.2 Å². The minimum atomic E-state index is -3.65. The standard InChI is InChI=1S/C27H32N2O3S/c1-18-4-8-24(9-5-18)33(31,32)29-10-2-3-22-6-7-23(14-25(22)29)28-26(30)27-15-19-11-20(16-27)13-21(12-19)17-27/h4-9,14,19-21H,2-3,10-13,15-17H2,1H3,(H,28,30). The summed E-state index contributed by atoms with van der Waals surface area (Å²) >= 11 is 0. The molecule has 4 fully saturated rings. The van der Waals surface area contributed by atoms with E-state index in [-0.39, 0.29) is 11.3 Å². The van der Waals surface area contributed by atoms with Crippen LogP contribution in [0.3, 0.4) is 0 Å². The van der Waals surface area contributed by atoms with E-state index in [4.69, 9.17) is 0 Å². The third-order valence-electron chi connectivity index (χ3n) is 8.55. The number of nitrogens with zero attached hydrogens (tertiary/aromatic N) is 1. The zero-order valence-electron chi connectivity index (χ0n) is 19.2. The average molecular weight is 465 g/mol. The molecule has 33 heavy (non-hydrogen) atoms. The van der Waals surface area contributed by atoms with Gasteiger partial charge in [-0.25, -0.2) is 8.42 Å². The molecule has 5 aliphatic rings. The second-order valence-corrected chi connectivity index (χ2v) is 12.9. The van der Waals surface area contributed by atoms with E-state index in [1.807, 2.05) is 37.3 Å². The summed E-state index contributed by atoms with van der Waals surface area (Å²) in [5, 5.41) is 3.21. The van der Waals surface area contributed by atoms with E-state index in [9.17, 15) is 13.2 Å². The minimum Gasteiger partial charge on any atom is -0.326 e. The zero-order valence-corrected chi connectivity index (χ0v) is 20.0. The van der Waals surface area contributed by atoms with Gasteiger partial charge in [0.15, 0.2) is 0 Å². The van der Waals surface area contributed by atoms with Crippen LogP contribution in [0.5, 0.6) is 0 Å². The van der Waals surface area contributed by atoms with Crippen molar-refractivity contribution >= 4 is 27.3 Å². The first-order valence-electron chi connectivity index (χ1n) is 12.4. The molecule has 1 N–H and O–H groups in total. The first-order valence-corrected chi connectivity index (χ1v) is 13.8. The second-order valence-electron chi connectivity index (χ2n) is 11.0. The van der Waals surface area contributed by atoms with Crippen LogP contribution in [0.1, 0.15) is 56.1 Å². The molecule has 6 heteroatoms. The molecule has 1 heterocycles. The maximum absolute atomic E-state index is 13.5. The lowest BCUT2D eigenvalue weighted by molar-refractivity contribution is -0.140. The Hall–Kier alpha value is -2.34. The summed E-state index contributed by atoms with van der Waals surface area (Å²) in [5.74, 6) is 2.27. The molecule has 0 saturated heterocycles. The first kappa shape index (κ1) is 21.2. The van der Waals surface area contributed by atoms with Gasteiger partial charge in [0.2, 0.25) is 5.91 Å². The van der Waals surface area contributed by atoms with Crippen LogP contribution in [0, 0.1) is 30.1 Å². The maximum Gasteiger partial charge on any atom is 0.264 e. The Bertz CT molecular complexity index is 1170. The van der Waals surface area contributed by atoms with E-state index in [0.29, 0.717) is 40.6 Å². The van der Waals surface area contributed by atoms with E-state index in [2.05, 4.69) is 5.32 Å². The van der Waals surface area contributed by atoms with E-state index in [1.165, 1.54) is 23.6 Å². The number of hydrogen-bond donors (Lipinski definition) is 1. The molecule has 4 bridgehead atoms. The molecule has 2 aromatic rings. The van der Waals surface area contributed by atoms with Gasteiger partial charge in [0.1, 0.15) is 0 Å². The summed E-state index contributed by atoms with van der Waals surface area (Å²) in [6, 6.07) is 12.8. The third kappa shape index (κ3) is 3.58. The Morgan fingerprint density at radius 3 is 2.24 bits per heavy atom. The predicted octanol–water partition coefficient (Wildman–Crippen LogP) is 5.29. The summed E-state index contributed by atoms with van der Waals surface area (Å²) in [5.41, 5.74) is 3.23. The Morgan fingerprint density at radius 1 is 0.970 bits per heavy atom. The molecule has 7 rings (SSSR count). The number of hydrogen-bond acceptors (Lipinski definition) is 3. The number of sulfonamides is 1. The van der Waals surface area contributed by atoms with Crippen LogP contribution in [0.25, 0.3) is 0 Å². The van der Waals surface area contributed by atoms with Gasteiger partial charge in [-0.05, 0) is 106 Å². The monoisotopic (exact) mass is 464 g/mol. The Balaban J connectivity index is 1.29. The molecule has 0 unspecified atom stereocenters. The SMILES string of the molecule is Cc1ccc(S(=O)(=O)N2CCCc3ccc(NC(=O)C45CC6CC(CC(C6)C4)C5)cc32)cc1. The van der Waals surface area contributed by atoms with E-state index < -0.39 is 10.0 Å². The number of amides is 1. The quantitative estimate of drug-likeness (QED) is 0.668. The molecule has 174 valence electrons. The predicted molar refractivity (Wildman–Crippen MR) is 130 cm³/mol. The van der Waals surface area contributed by atoms with Crippen LogP contribution in [-0.2, 0) is 21.2 Å². The molecule has 0 atom stereocenters. The van der Waals surface area contributed by atoms with Gasteiger partial charge in [0, 0.05) is 12.2 Å². The lowest BCUT2D eigenvalue weighted by Gasteiger charge is -2.55. The van der Waals surface area contributed by atoms with Crippen LogP contribution in [0.4, 0.5) is 11.4 Å². The highest BCUT2D eigenvalue weighted by atomic mass is 32.2. The van der Waals surface area contributed by atoms with Gasteiger partial charge >= 0.3 is 0 Å². The number of benzene rings is 2. The van der Waals surface area contributed by atoms with Crippen molar-refractivity contribution < 1.29 is 13.2 Å². The Labute approximate surface area is 196 Å². The van der Waals surface area contributed by atoms with Crippen molar-refractivity contribution in [2.45, 2.75) is 63.2 Å².